The van der Waals surface area contributed by atoms with Crippen molar-refractivity contribution >= 4 is 55.4 Å². The van der Waals surface area contributed by atoms with Gasteiger partial charge in [0.05, 0.1) is 5.02 Å². The van der Waals surface area contributed by atoms with Gasteiger partial charge in [0.25, 0.3) is 0 Å². The van der Waals surface area contributed by atoms with Gasteiger partial charge < -0.3 is 0 Å². The summed E-state index contributed by atoms with van der Waals surface area (Å²) in [5.74, 6) is 0. The molecule has 0 aliphatic rings. The minimum Gasteiger partial charge on any atom is -0.190 e. The van der Waals surface area contributed by atoms with Crippen molar-refractivity contribution < 1.29 is 0 Å². The molecule has 0 saturated heterocycles. The molecular weight excluding hydrogens is 347 g/mol. The highest BCUT2D eigenvalue weighted by Crippen LogP contribution is 2.38. The highest BCUT2D eigenvalue weighted by Gasteiger charge is 2.14. The van der Waals surface area contributed by atoms with E-state index in [9.17, 15) is 0 Å². The molecule has 0 saturated carbocycles. The number of hydrogen-bond acceptors (Lipinski definition) is 4. The van der Waals surface area contributed by atoms with Gasteiger partial charge in [0.1, 0.15) is 11.3 Å². The molecule has 0 aliphatic carbocycles. The minimum absolute atomic E-state index is 0.554. The van der Waals surface area contributed by atoms with Crippen molar-refractivity contribution in [2.24, 2.45) is 0 Å². The van der Waals surface area contributed by atoms with Crippen LogP contribution in [0.25, 0.3) is 15.5 Å². The highest BCUT2D eigenvalue weighted by atomic mass is 79.9. The van der Waals surface area contributed by atoms with Gasteiger partial charge in [-0.3, -0.25) is 0 Å². The molecule has 0 N–H and O–H groups in total. The molecule has 1 aromatic carbocycles. The molecule has 0 fully saturated rings. The van der Waals surface area contributed by atoms with Gasteiger partial charge in [-0.05, 0) is 28.1 Å². The first-order valence-corrected chi connectivity index (χ1v) is 6.83. The average molecular weight is 350 g/mol. The van der Waals surface area contributed by atoms with Crippen LogP contribution >= 0.6 is 50.5 Å². The maximum Gasteiger partial charge on any atom is 0.234 e. The second-order valence-electron chi connectivity index (χ2n) is 3.21. The lowest BCUT2D eigenvalue weighted by Crippen LogP contribution is -1.84. The van der Waals surface area contributed by atoms with Crippen molar-refractivity contribution in [1.29, 1.82) is 0 Å². The van der Waals surface area contributed by atoms with Crippen LogP contribution < -0.4 is 0 Å². The van der Waals surface area contributed by atoms with Crippen LogP contribution in [0.5, 0.6) is 0 Å². The van der Waals surface area contributed by atoms with Gasteiger partial charge in [-0.15, -0.1) is 10.2 Å². The Labute approximate surface area is 118 Å². The van der Waals surface area contributed by atoms with E-state index < -0.39 is 0 Å². The third kappa shape index (κ3) is 1.95. The van der Waals surface area contributed by atoms with Crippen molar-refractivity contribution in [3.8, 4) is 10.6 Å². The van der Waals surface area contributed by atoms with Crippen molar-refractivity contribution in [1.82, 2.24) is 19.8 Å². The molecule has 0 spiro atoms. The van der Waals surface area contributed by atoms with Crippen molar-refractivity contribution in [2.45, 2.75) is 0 Å². The summed E-state index contributed by atoms with van der Waals surface area (Å²) in [4.78, 5) is 0.725. The highest BCUT2D eigenvalue weighted by molar-refractivity contribution is 9.10. The summed E-state index contributed by atoms with van der Waals surface area (Å²) in [6, 6.07) is 3.49. The summed E-state index contributed by atoms with van der Waals surface area (Å²) >= 11 is 16.9. The molecule has 17 heavy (non-hydrogen) atoms. The normalized spacial score (nSPS) is 11.2. The van der Waals surface area contributed by atoms with Gasteiger partial charge in [0.15, 0.2) is 0 Å². The Bertz CT molecular complexity index is 680. The molecule has 0 bridgehead atoms. The predicted molar refractivity (Wildman–Crippen MR) is 71.8 cm³/mol. The van der Waals surface area contributed by atoms with Crippen LogP contribution in [0.4, 0.5) is 0 Å². The number of aromatic nitrogens is 4. The van der Waals surface area contributed by atoms with Crippen LogP contribution in [0.1, 0.15) is 0 Å². The fourth-order valence-corrected chi connectivity index (χ4v) is 3.26. The van der Waals surface area contributed by atoms with E-state index >= 15 is 0 Å². The summed E-state index contributed by atoms with van der Waals surface area (Å²) in [6.07, 6.45) is 1.55. The predicted octanol–water partition coefficient (Wildman–Crippen LogP) is 3.92. The van der Waals surface area contributed by atoms with E-state index in [2.05, 4.69) is 31.2 Å². The molecule has 8 heteroatoms. The average Bonchev–Trinajstić information content (AvgIpc) is 2.83. The molecule has 0 amide bonds. The lowest BCUT2D eigenvalue weighted by atomic mass is 10.2. The monoisotopic (exact) mass is 348 g/mol. The summed E-state index contributed by atoms with van der Waals surface area (Å²) in [6.45, 7) is 0. The lowest BCUT2D eigenvalue weighted by Gasteiger charge is -2.03. The maximum atomic E-state index is 6.05. The Kier molecular flexibility index (Phi) is 2.82. The van der Waals surface area contributed by atoms with E-state index in [0.29, 0.717) is 10.0 Å². The zero-order valence-corrected chi connectivity index (χ0v) is 12.0. The molecule has 3 aromatic rings. The van der Waals surface area contributed by atoms with E-state index in [1.165, 1.54) is 11.3 Å². The van der Waals surface area contributed by atoms with E-state index in [4.69, 9.17) is 23.2 Å². The van der Waals surface area contributed by atoms with Gasteiger partial charge in [-0.1, -0.05) is 34.5 Å². The number of halogens is 3. The molecular formula is C9H3BrCl2N4S. The number of fused-ring (bicyclic) bond motifs is 1. The topological polar surface area (TPSA) is 43.1 Å². The Morgan fingerprint density at radius 1 is 1.29 bits per heavy atom. The summed E-state index contributed by atoms with van der Waals surface area (Å²) in [5, 5.41) is 13.9. The second kappa shape index (κ2) is 4.20. The third-order valence-electron chi connectivity index (χ3n) is 2.11. The van der Waals surface area contributed by atoms with Gasteiger partial charge in [0.2, 0.25) is 4.96 Å². The van der Waals surface area contributed by atoms with Crippen LogP contribution in [-0.2, 0) is 0 Å². The molecule has 0 aliphatic heterocycles. The Morgan fingerprint density at radius 2 is 2.12 bits per heavy atom. The number of hydrogen-bond donors (Lipinski definition) is 0. The summed E-state index contributed by atoms with van der Waals surface area (Å²) < 4.78 is 2.38. The van der Waals surface area contributed by atoms with Crippen LogP contribution in [0.3, 0.4) is 0 Å². The first-order chi connectivity index (χ1) is 8.15. The number of rotatable bonds is 1. The van der Waals surface area contributed by atoms with Gasteiger partial charge in [-0.2, -0.15) is 9.61 Å². The standard InChI is InChI=1S/C9H3BrCl2N4S/c10-7-5(1-4(11)2-6(7)12)8-15-16-3-13-14-9(16)17-8/h1-3H. The van der Waals surface area contributed by atoms with E-state index in [1.807, 2.05) is 6.07 Å². The summed E-state index contributed by atoms with van der Waals surface area (Å²) in [5.41, 5.74) is 0.845. The Hall–Kier alpha value is -0.690. The molecule has 0 unspecified atom stereocenters. The molecule has 0 radical (unpaired) electrons. The first kappa shape index (κ1) is 11.4. The second-order valence-corrected chi connectivity index (χ2v) is 5.81. The fraction of sp³-hybridized carbons (Fsp3) is 0. The van der Waals surface area contributed by atoms with Crippen LogP contribution in [0.2, 0.25) is 10.0 Å². The van der Waals surface area contributed by atoms with Crippen LogP contribution in [0, 0.1) is 0 Å². The van der Waals surface area contributed by atoms with Gasteiger partial charge in [-0.25, -0.2) is 0 Å². The van der Waals surface area contributed by atoms with Crippen LogP contribution in [0.15, 0.2) is 22.9 Å². The molecule has 3 rings (SSSR count). The quantitative estimate of drug-likeness (QED) is 0.625. The lowest BCUT2D eigenvalue weighted by molar-refractivity contribution is 0.959. The molecule has 4 nitrogen and oxygen atoms in total. The molecule has 86 valence electrons. The van der Waals surface area contributed by atoms with Crippen molar-refractivity contribution in [2.75, 3.05) is 0 Å². The van der Waals surface area contributed by atoms with E-state index in [0.717, 1.165) is 20.0 Å². The molecule has 0 atom stereocenters. The third-order valence-corrected chi connectivity index (χ3v) is 4.66. The maximum absolute atomic E-state index is 6.05. The van der Waals surface area contributed by atoms with Gasteiger partial charge >= 0.3 is 0 Å². The number of nitrogens with zero attached hydrogens (tertiary/aromatic N) is 4. The Balaban J connectivity index is 2.24. The zero-order valence-electron chi connectivity index (χ0n) is 8.06. The summed E-state index contributed by atoms with van der Waals surface area (Å²) in [7, 11) is 0. The fourth-order valence-electron chi connectivity index (χ4n) is 1.38. The largest absolute Gasteiger partial charge is 0.234 e. The minimum atomic E-state index is 0.554. The van der Waals surface area contributed by atoms with E-state index in [-0.39, 0.29) is 0 Å². The van der Waals surface area contributed by atoms with Gasteiger partial charge in [0, 0.05) is 15.1 Å². The zero-order chi connectivity index (χ0) is 12.0. The van der Waals surface area contributed by atoms with Crippen LogP contribution in [-0.4, -0.2) is 19.8 Å². The Morgan fingerprint density at radius 3 is 2.88 bits per heavy atom. The SMILES string of the molecule is Clc1cc(Cl)c(Br)c(-c2nn3cnnc3s2)c1. The van der Waals surface area contributed by atoms with Crippen molar-refractivity contribution in [3.05, 3.63) is 33.0 Å². The smallest absolute Gasteiger partial charge is 0.190 e. The van der Waals surface area contributed by atoms with E-state index in [1.54, 1.807) is 16.9 Å². The first-order valence-electron chi connectivity index (χ1n) is 4.47. The van der Waals surface area contributed by atoms with Crippen molar-refractivity contribution in [3.63, 3.8) is 0 Å². The number of benzene rings is 1. The molecule has 2 aromatic heterocycles. The molecule has 2 heterocycles.